The molecular formula is C23H30BClO2Si. The summed E-state index contributed by atoms with van der Waals surface area (Å²) in [5.41, 5.74) is 0.524. The van der Waals surface area contributed by atoms with Gasteiger partial charge >= 0.3 is 7.12 Å². The minimum Gasteiger partial charge on any atom is -0.403 e. The van der Waals surface area contributed by atoms with Gasteiger partial charge in [0.2, 0.25) is 0 Å². The number of hydrogen-bond acceptors (Lipinski definition) is 2. The number of halogens is 1. The summed E-state index contributed by atoms with van der Waals surface area (Å²) in [4.78, 5) is 0. The predicted molar refractivity (Wildman–Crippen MR) is 124 cm³/mol. The molecular weight excluding hydrogens is 383 g/mol. The van der Waals surface area contributed by atoms with Crippen molar-refractivity contribution >= 4 is 38.1 Å². The van der Waals surface area contributed by atoms with Crippen molar-refractivity contribution in [3.05, 3.63) is 70.4 Å². The van der Waals surface area contributed by atoms with Crippen molar-refractivity contribution in [2.24, 2.45) is 0 Å². The van der Waals surface area contributed by atoms with Gasteiger partial charge in [-0.2, -0.15) is 0 Å². The maximum Gasteiger partial charge on any atom is 0.461 e. The first kappa shape index (κ1) is 21.4. The van der Waals surface area contributed by atoms with Gasteiger partial charge in [0.15, 0.2) is 0 Å². The van der Waals surface area contributed by atoms with E-state index in [1.54, 1.807) is 0 Å². The average Bonchev–Trinajstić information content (AvgIpc) is 2.83. The molecule has 2 aromatic carbocycles. The Balaban J connectivity index is 1.97. The highest BCUT2D eigenvalue weighted by Crippen LogP contribution is 2.39. The zero-order chi connectivity index (χ0) is 20.6. The summed E-state index contributed by atoms with van der Waals surface area (Å²) < 4.78 is 12.6. The van der Waals surface area contributed by atoms with Gasteiger partial charge in [0, 0.05) is 11.3 Å². The van der Waals surface area contributed by atoms with E-state index in [2.05, 4.69) is 89.3 Å². The van der Waals surface area contributed by atoms with Gasteiger partial charge < -0.3 is 9.31 Å². The number of allylic oxidation sites excluding steroid dienone is 1. The lowest BCUT2D eigenvalue weighted by molar-refractivity contribution is 0.00578. The maximum atomic E-state index is 6.32. The molecule has 0 radical (unpaired) electrons. The highest BCUT2D eigenvalue weighted by molar-refractivity contribution is 6.96. The molecule has 0 saturated carbocycles. The normalized spacial score (nSPS) is 19.1. The van der Waals surface area contributed by atoms with E-state index in [1.165, 1.54) is 10.4 Å². The monoisotopic (exact) mass is 412 g/mol. The van der Waals surface area contributed by atoms with Gasteiger partial charge in [-0.25, -0.2) is 0 Å². The molecule has 0 spiro atoms. The summed E-state index contributed by atoms with van der Waals surface area (Å²) in [6.45, 7) is 13.2. The van der Waals surface area contributed by atoms with Crippen molar-refractivity contribution in [3.8, 4) is 0 Å². The fourth-order valence-corrected chi connectivity index (χ4v) is 6.25. The Morgan fingerprint density at radius 3 is 2.00 bits per heavy atom. The molecule has 0 unspecified atom stereocenters. The van der Waals surface area contributed by atoms with E-state index in [0.717, 1.165) is 16.9 Å². The van der Waals surface area contributed by atoms with E-state index in [9.17, 15) is 0 Å². The minimum absolute atomic E-state index is 0.237. The van der Waals surface area contributed by atoms with E-state index < -0.39 is 8.07 Å². The lowest BCUT2D eigenvalue weighted by atomic mass is 9.84. The molecule has 28 heavy (non-hydrogen) atoms. The third-order valence-electron chi connectivity index (χ3n) is 6.20. The molecule has 0 aromatic heterocycles. The van der Waals surface area contributed by atoms with Crippen molar-refractivity contribution in [2.45, 2.75) is 58.3 Å². The molecule has 0 atom stereocenters. The Labute approximate surface area is 176 Å². The van der Waals surface area contributed by atoms with Gasteiger partial charge in [0.25, 0.3) is 0 Å². The molecule has 0 aliphatic carbocycles. The number of rotatable bonds is 5. The van der Waals surface area contributed by atoms with Crippen LogP contribution in [-0.2, 0) is 9.31 Å². The summed E-state index contributed by atoms with van der Waals surface area (Å²) >= 11 is 6.08. The first-order chi connectivity index (χ1) is 13.0. The Bertz CT molecular complexity index is 829. The van der Waals surface area contributed by atoms with Gasteiger partial charge in [0.05, 0.1) is 11.2 Å². The SMILES string of the molecule is CC1(C)OB(C/C(=C/c2ccc(Cl)cc2)[Si](C)(C)c2ccccc2)OC1(C)C. The molecule has 1 aliphatic rings. The number of benzene rings is 2. The Morgan fingerprint density at radius 1 is 0.929 bits per heavy atom. The van der Waals surface area contributed by atoms with Crippen LogP contribution in [0.4, 0.5) is 0 Å². The van der Waals surface area contributed by atoms with E-state index in [4.69, 9.17) is 20.9 Å². The van der Waals surface area contributed by atoms with Gasteiger partial charge in [-0.05, 0) is 45.4 Å². The summed E-state index contributed by atoms with van der Waals surface area (Å²) in [6.07, 6.45) is 3.07. The van der Waals surface area contributed by atoms with Crippen LogP contribution >= 0.6 is 11.6 Å². The second kappa shape index (κ2) is 7.83. The highest BCUT2D eigenvalue weighted by Gasteiger charge is 2.51. The van der Waals surface area contributed by atoms with Crippen LogP contribution < -0.4 is 5.19 Å². The van der Waals surface area contributed by atoms with Crippen LogP contribution in [0.3, 0.4) is 0 Å². The van der Waals surface area contributed by atoms with Crippen LogP contribution in [-0.4, -0.2) is 26.4 Å². The Hall–Kier alpha value is -1.33. The van der Waals surface area contributed by atoms with Crippen LogP contribution in [0.5, 0.6) is 0 Å². The van der Waals surface area contributed by atoms with Gasteiger partial charge in [-0.3, -0.25) is 0 Å². The molecule has 148 valence electrons. The predicted octanol–water partition coefficient (Wildman–Crippen LogP) is 5.97. The standard InChI is InChI=1S/C23H30BClO2Si/c1-22(2)23(3,4)27-24(26-22)17-21(16-18-12-14-19(25)15-13-18)28(5,6)20-10-8-7-9-11-20/h7-16H,17H2,1-6H3/b21-16-. The highest BCUT2D eigenvalue weighted by atomic mass is 35.5. The molecule has 1 saturated heterocycles. The molecule has 0 amide bonds. The van der Waals surface area contributed by atoms with Crippen molar-refractivity contribution in [1.82, 2.24) is 0 Å². The summed E-state index contributed by atoms with van der Waals surface area (Å²) in [5.74, 6) is 0. The van der Waals surface area contributed by atoms with Crippen LogP contribution in [0.1, 0.15) is 33.3 Å². The molecule has 0 bridgehead atoms. The van der Waals surface area contributed by atoms with E-state index in [-0.39, 0.29) is 18.3 Å². The lowest BCUT2D eigenvalue weighted by Gasteiger charge is -2.32. The minimum atomic E-state index is -1.90. The van der Waals surface area contributed by atoms with Crippen LogP contribution in [0.25, 0.3) is 6.08 Å². The van der Waals surface area contributed by atoms with Gasteiger partial charge in [0.1, 0.15) is 8.07 Å². The fraction of sp³-hybridized carbons (Fsp3) is 0.391. The maximum absolute atomic E-state index is 6.32. The van der Waals surface area contributed by atoms with Crippen LogP contribution in [0, 0.1) is 0 Å². The smallest absolute Gasteiger partial charge is 0.403 e. The first-order valence-corrected chi connectivity index (χ1v) is 13.3. The third kappa shape index (κ3) is 4.46. The van der Waals surface area contributed by atoms with Crippen molar-refractivity contribution in [2.75, 3.05) is 0 Å². The molecule has 1 heterocycles. The molecule has 1 fully saturated rings. The fourth-order valence-electron chi connectivity index (χ4n) is 3.52. The molecule has 2 aromatic rings. The Morgan fingerprint density at radius 2 is 1.46 bits per heavy atom. The van der Waals surface area contributed by atoms with E-state index >= 15 is 0 Å². The topological polar surface area (TPSA) is 18.5 Å². The zero-order valence-electron chi connectivity index (χ0n) is 17.8. The van der Waals surface area contributed by atoms with Crippen LogP contribution in [0.2, 0.25) is 24.4 Å². The average molecular weight is 413 g/mol. The Kier molecular flexibility index (Phi) is 5.98. The second-order valence-corrected chi connectivity index (χ2v) is 14.0. The second-order valence-electron chi connectivity index (χ2n) is 9.10. The molecule has 0 N–H and O–H groups in total. The van der Waals surface area contributed by atoms with E-state index in [0.29, 0.717) is 0 Å². The summed E-state index contributed by atoms with van der Waals surface area (Å²) in [6, 6.07) is 18.8. The van der Waals surface area contributed by atoms with Gasteiger partial charge in [-0.1, -0.05) is 83.6 Å². The quantitative estimate of drug-likeness (QED) is 0.563. The largest absolute Gasteiger partial charge is 0.461 e. The molecule has 5 heteroatoms. The summed E-state index contributed by atoms with van der Waals surface area (Å²) in [5, 5.41) is 3.57. The van der Waals surface area contributed by atoms with Crippen molar-refractivity contribution in [3.63, 3.8) is 0 Å². The van der Waals surface area contributed by atoms with Gasteiger partial charge in [-0.15, -0.1) is 0 Å². The van der Waals surface area contributed by atoms with Crippen molar-refractivity contribution in [1.29, 1.82) is 0 Å². The summed E-state index contributed by atoms with van der Waals surface area (Å²) in [7, 11) is -2.13. The zero-order valence-corrected chi connectivity index (χ0v) is 19.5. The number of hydrogen-bond donors (Lipinski definition) is 0. The third-order valence-corrected chi connectivity index (χ3v) is 10.2. The molecule has 3 rings (SSSR count). The van der Waals surface area contributed by atoms with E-state index in [1.807, 2.05) is 12.1 Å². The van der Waals surface area contributed by atoms with Crippen LogP contribution in [0.15, 0.2) is 59.8 Å². The van der Waals surface area contributed by atoms with Crippen molar-refractivity contribution < 1.29 is 9.31 Å². The molecule has 1 aliphatic heterocycles. The lowest BCUT2D eigenvalue weighted by Crippen LogP contribution is -2.45. The molecule has 2 nitrogen and oxygen atoms in total. The first-order valence-electron chi connectivity index (χ1n) is 9.89.